The SMILES string of the molecule is CCCCCCCCCCCCCCCOCCOCCCCCCCCCCCCCCC. The van der Waals surface area contributed by atoms with Crippen LogP contribution in [0.4, 0.5) is 0 Å². The van der Waals surface area contributed by atoms with Gasteiger partial charge in [0.15, 0.2) is 0 Å². The zero-order valence-corrected chi connectivity index (χ0v) is 24.0. The van der Waals surface area contributed by atoms with E-state index in [1.165, 1.54) is 167 Å². The smallest absolute Gasteiger partial charge is 0.0700 e. The third-order valence-corrected chi connectivity index (χ3v) is 7.16. The molecule has 0 rings (SSSR count). The van der Waals surface area contributed by atoms with Crippen molar-refractivity contribution in [2.45, 2.75) is 181 Å². The Balaban J connectivity index is 2.99. The van der Waals surface area contributed by atoms with Crippen molar-refractivity contribution in [2.75, 3.05) is 26.4 Å². The summed E-state index contributed by atoms with van der Waals surface area (Å²) in [6.45, 7) is 7.97. The van der Waals surface area contributed by atoms with Crippen LogP contribution in [0.25, 0.3) is 0 Å². The van der Waals surface area contributed by atoms with E-state index in [-0.39, 0.29) is 0 Å². The lowest BCUT2D eigenvalue weighted by molar-refractivity contribution is 0.0448. The third-order valence-electron chi connectivity index (χ3n) is 7.16. The molecule has 2 heteroatoms. The van der Waals surface area contributed by atoms with Crippen molar-refractivity contribution in [1.82, 2.24) is 0 Å². The maximum absolute atomic E-state index is 5.73. The fourth-order valence-electron chi connectivity index (χ4n) is 4.77. The van der Waals surface area contributed by atoms with E-state index in [1.807, 2.05) is 0 Å². The molecule has 0 aliphatic rings. The molecule has 2 nitrogen and oxygen atoms in total. The maximum atomic E-state index is 5.73. The van der Waals surface area contributed by atoms with Crippen LogP contribution >= 0.6 is 0 Å². The highest BCUT2D eigenvalue weighted by atomic mass is 16.5. The van der Waals surface area contributed by atoms with E-state index in [9.17, 15) is 0 Å². The summed E-state index contributed by atoms with van der Waals surface area (Å²) < 4.78 is 11.5. The average Bonchev–Trinajstić information content (AvgIpc) is 2.85. The number of hydrogen-bond acceptors (Lipinski definition) is 2. The van der Waals surface area contributed by atoms with Gasteiger partial charge in [0.1, 0.15) is 0 Å². The Morgan fingerprint density at radius 1 is 0.235 bits per heavy atom. The highest BCUT2D eigenvalue weighted by Crippen LogP contribution is 2.13. The van der Waals surface area contributed by atoms with Gasteiger partial charge in [0, 0.05) is 13.2 Å². The third kappa shape index (κ3) is 31.9. The summed E-state index contributed by atoms with van der Waals surface area (Å²) in [7, 11) is 0. The Morgan fingerprint density at radius 2 is 0.441 bits per heavy atom. The highest BCUT2D eigenvalue weighted by Gasteiger charge is 1.96. The van der Waals surface area contributed by atoms with Gasteiger partial charge in [0.25, 0.3) is 0 Å². The lowest BCUT2D eigenvalue weighted by Gasteiger charge is -2.06. The molecule has 0 fully saturated rings. The van der Waals surface area contributed by atoms with E-state index in [0.29, 0.717) is 0 Å². The molecule has 0 amide bonds. The summed E-state index contributed by atoms with van der Waals surface area (Å²) in [6, 6.07) is 0. The Hall–Kier alpha value is -0.0800. The van der Waals surface area contributed by atoms with Gasteiger partial charge in [-0.1, -0.05) is 168 Å². The van der Waals surface area contributed by atoms with Gasteiger partial charge in [-0.05, 0) is 12.8 Å². The van der Waals surface area contributed by atoms with Crippen molar-refractivity contribution in [3.63, 3.8) is 0 Å². The molecule has 0 radical (unpaired) electrons. The molecule has 0 aliphatic carbocycles. The van der Waals surface area contributed by atoms with Crippen molar-refractivity contribution in [1.29, 1.82) is 0 Å². The molecule has 0 spiro atoms. The minimum atomic E-state index is 0.775. The highest BCUT2D eigenvalue weighted by molar-refractivity contribution is 4.50. The van der Waals surface area contributed by atoms with Crippen LogP contribution in [0.15, 0.2) is 0 Å². The molecule has 0 saturated heterocycles. The van der Waals surface area contributed by atoms with E-state index in [0.717, 1.165) is 26.4 Å². The van der Waals surface area contributed by atoms with Crippen LogP contribution in [-0.2, 0) is 9.47 Å². The lowest BCUT2D eigenvalue weighted by Crippen LogP contribution is -2.06. The predicted octanol–water partition coefficient (Wildman–Crippen LogP) is 11.2. The van der Waals surface area contributed by atoms with E-state index in [2.05, 4.69) is 13.8 Å². The second kappa shape index (κ2) is 32.9. The lowest BCUT2D eigenvalue weighted by atomic mass is 10.0. The second-order valence-electron chi connectivity index (χ2n) is 10.7. The monoisotopic (exact) mass is 483 g/mol. The zero-order chi connectivity index (χ0) is 24.6. The van der Waals surface area contributed by atoms with Crippen LogP contribution < -0.4 is 0 Å². The van der Waals surface area contributed by atoms with Gasteiger partial charge in [0.05, 0.1) is 13.2 Å². The number of rotatable bonds is 31. The molecule has 0 saturated carbocycles. The molecule has 0 N–H and O–H groups in total. The summed E-state index contributed by atoms with van der Waals surface area (Å²) in [5.41, 5.74) is 0. The minimum absolute atomic E-state index is 0.775. The summed E-state index contributed by atoms with van der Waals surface area (Å²) >= 11 is 0. The molecule has 0 aromatic rings. The molecule has 0 bridgehead atoms. The topological polar surface area (TPSA) is 18.5 Å². The summed E-state index contributed by atoms with van der Waals surface area (Å²) in [5, 5.41) is 0. The Bertz CT molecular complexity index is 299. The molecule has 0 aromatic carbocycles. The molecular weight excluding hydrogens is 416 g/mol. The molecule has 206 valence electrons. The van der Waals surface area contributed by atoms with Gasteiger partial charge < -0.3 is 9.47 Å². The maximum Gasteiger partial charge on any atom is 0.0700 e. The first-order valence-corrected chi connectivity index (χ1v) is 16.1. The predicted molar refractivity (Wildman–Crippen MR) is 153 cm³/mol. The molecule has 34 heavy (non-hydrogen) atoms. The Morgan fingerprint density at radius 3 is 0.676 bits per heavy atom. The van der Waals surface area contributed by atoms with Gasteiger partial charge in [-0.2, -0.15) is 0 Å². The standard InChI is InChI=1S/C32H66O2/c1-3-5-7-9-11-13-15-17-19-21-23-25-27-29-33-31-32-34-30-28-26-24-22-20-18-16-14-12-10-8-6-4-2/h3-32H2,1-2H3. The van der Waals surface area contributed by atoms with Gasteiger partial charge >= 0.3 is 0 Å². The van der Waals surface area contributed by atoms with Crippen molar-refractivity contribution in [3.05, 3.63) is 0 Å². The van der Waals surface area contributed by atoms with E-state index in [4.69, 9.17) is 9.47 Å². The van der Waals surface area contributed by atoms with Gasteiger partial charge in [-0.3, -0.25) is 0 Å². The molecular formula is C32H66O2. The molecule has 0 atom stereocenters. The zero-order valence-electron chi connectivity index (χ0n) is 24.0. The van der Waals surface area contributed by atoms with E-state index in [1.54, 1.807) is 0 Å². The summed E-state index contributed by atoms with van der Waals surface area (Å²) in [6.07, 6.45) is 36.6. The molecule has 0 aliphatic heterocycles. The number of hydrogen-bond donors (Lipinski definition) is 0. The van der Waals surface area contributed by atoms with Crippen molar-refractivity contribution < 1.29 is 9.47 Å². The first-order valence-electron chi connectivity index (χ1n) is 16.1. The van der Waals surface area contributed by atoms with E-state index < -0.39 is 0 Å². The minimum Gasteiger partial charge on any atom is -0.379 e. The van der Waals surface area contributed by atoms with Gasteiger partial charge in [0.2, 0.25) is 0 Å². The molecule has 0 heterocycles. The van der Waals surface area contributed by atoms with E-state index >= 15 is 0 Å². The van der Waals surface area contributed by atoms with Crippen molar-refractivity contribution >= 4 is 0 Å². The fourth-order valence-corrected chi connectivity index (χ4v) is 4.77. The first-order chi connectivity index (χ1) is 16.9. The van der Waals surface area contributed by atoms with Gasteiger partial charge in [-0.15, -0.1) is 0 Å². The molecule has 0 unspecified atom stereocenters. The van der Waals surface area contributed by atoms with Gasteiger partial charge in [-0.25, -0.2) is 0 Å². The summed E-state index contributed by atoms with van der Waals surface area (Å²) in [5.74, 6) is 0. The first kappa shape index (κ1) is 33.9. The quantitative estimate of drug-likeness (QED) is 0.0914. The fraction of sp³-hybridized carbons (Fsp3) is 1.00. The van der Waals surface area contributed by atoms with Crippen LogP contribution in [-0.4, -0.2) is 26.4 Å². The average molecular weight is 483 g/mol. The number of ether oxygens (including phenoxy) is 2. The van der Waals surface area contributed by atoms with Crippen molar-refractivity contribution in [3.8, 4) is 0 Å². The summed E-state index contributed by atoms with van der Waals surface area (Å²) in [4.78, 5) is 0. The Kier molecular flexibility index (Phi) is 32.8. The van der Waals surface area contributed by atoms with Crippen LogP contribution in [0.1, 0.15) is 181 Å². The molecule has 0 aromatic heterocycles. The van der Waals surface area contributed by atoms with Crippen LogP contribution in [0.5, 0.6) is 0 Å². The van der Waals surface area contributed by atoms with Crippen LogP contribution in [0.3, 0.4) is 0 Å². The number of unbranched alkanes of at least 4 members (excludes halogenated alkanes) is 24. The second-order valence-corrected chi connectivity index (χ2v) is 10.7. The normalized spacial score (nSPS) is 11.5. The van der Waals surface area contributed by atoms with Crippen LogP contribution in [0, 0.1) is 0 Å². The largest absolute Gasteiger partial charge is 0.379 e. The van der Waals surface area contributed by atoms with Crippen LogP contribution in [0.2, 0.25) is 0 Å². The van der Waals surface area contributed by atoms with Crippen molar-refractivity contribution in [2.24, 2.45) is 0 Å². The Labute approximate surface area is 216 Å².